The van der Waals surface area contributed by atoms with Crippen molar-refractivity contribution in [3.05, 3.63) is 71.3 Å². The van der Waals surface area contributed by atoms with Crippen LogP contribution in [0.5, 0.6) is 0 Å². The fraction of sp³-hybridized carbons (Fsp3) is 0.200. The summed E-state index contributed by atoms with van der Waals surface area (Å²) < 4.78 is 37.0. The van der Waals surface area contributed by atoms with Gasteiger partial charge in [-0.1, -0.05) is 0 Å². The molecule has 9 nitrogen and oxygen atoms in total. The van der Waals surface area contributed by atoms with E-state index in [9.17, 15) is 13.6 Å². The molecule has 0 spiro atoms. The lowest BCUT2D eigenvalue weighted by atomic mass is 10.0. The van der Waals surface area contributed by atoms with Crippen LogP contribution < -0.4 is 5.69 Å². The van der Waals surface area contributed by atoms with E-state index in [1.807, 2.05) is 34.4 Å². The molecule has 0 atom stereocenters. The molecule has 0 unspecified atom stereocenters. The Morgan fingerprint density at radius 1 is 0.917 bits per heavy atom. The number of fused-ring (bicyclic) bond motifs is 2. The molecule has 4 aromatic heterocycles. The molecule has 0 radical (unpaired) electrons. The monoisotopic (exact) mass is 488 g/mol. The van der Waals surface area contributed by atoms with Crippen LogP contribution >= 0.6 is 0 Å². The van der Waals surface area contributed by atoms with Crippen LogP contribution in [0.25, 0.3) is 50.4 Å². The Labute approximate surface area is 203 Å². The predicted molar refractivity (Wildman–Crippen MR) is 132 cm³/mol. The topological polar surface area (TPSA) is 80.4 Å². The van der Waals surface area contributed by atoms with Crippen molar-refractivity contribution in [1.82, 2.24) is 38.0 Å². The van der Waals surface area contributed by atoms with Crippen molar-refractivity contribution in [2.45, 2.75) is 6.43 Å². The smallest absolute Gasteiger partial charge is 0.328 e. The average molecular weight is 489 g/mol. The summed E-state index contributed by atoms with van der Waals surface area (Å²) >= 11 is 0. The first-order valence-electron chi connectivity index (χ1n) is 11.2. The third kappa shape index (κ3) is 3.12. The second-order valence-corrected chi connectivity index (χ2v) is 8.87. The minimum atomic E-state index is -2.70. The number of hydrogen-bond donors (Lipinski definition) is 0. The Morgan fingerprint density at radius 3 is 2.36 bits per heavy atom. The van der Waals surface area contributed by atoms with Gasteiger partial charge in [-0.3, -0.25) is 18.4 Å². The lowest BCUT2D eigenvalue weighted by molar-refractivity contribution is 0.152. The molecule has 182 valence electrons. The van der Waals surface area contributed by atoms with Gasteiger partial charge in [-0.15, -0.1) is 0 Å². The van der Waals surface area contributed by atoms with E-state index in [0.717, 1.165) is 16.7 Å². The van der Waals surface area contributed by atoms with Crippen LogP contribution in [0.4, 0.5) is 8.78 Å². The van der Waals surface area contributed by atoms with Gasteiger partial charge in [-0.05, 0) is 35.9 Å². The van der Waals surface area contributed by atoms with Crippen LogP contribution in [0.3, 0.4) is 0 Å². The maximum Gasteiger partial charge on any atom is 0.328 e. The highest BCUT2D eigenvalue weighted by atomic mass is 19.3. The third-order valence-electron chi connectivity index (χ3n) is 6.64. The SMILES string of the molecule is Cn1cc(-c2cc3nc(-c4cncn4C)n(-c4ccc5c(c4)n(C)c(=O)n5C)c3cc2C(F)F)cn1. The number of hydrogen-bond acceptors (Lipinski definition) is 4. The van der Waals surface area contributed by atoms with Crippen molar-refractivity contribution in [2.75, 3.05) is 0 Å². The molecule has 0 saturated heterocycles. The van der Waals surface area contributed by atoms with Gasteiger partial charge in [0.15, 0.2) is 5.82 Å². The summed E-state index contributed by atoms with van der Waals surface area (Å²) in [7, 11) is 7.01. The first kappa shape index (κ1) is 22.0. The van der Waals surface area contributed by atoms with Crippen molar-refractivity contribution in [3.8, 4) is 28.3 Å². The third-order valence-corrected chi connectivity index (χ3v) is 6.64. The van der Waals surface area contributed by atoms with Crippen molar-refractivity contribution in [3.63, 3.8) is 0 Å². The Balaban J connectivity index is 1.70. The van der Waals surface area contributed by atoms with Crippen LogP contribution in [0.15, 0.2) is 60.0 Å². The summed E-state index contributed by atoms with van der Waals surface area (Å²) in [6.07, 6.45) is 3.91. The lowest BCUT2D eigenvalue weighted by Gasteiger charge is -2.12. The number of imidazole rings is 3. The van der Waals surface area contributed by atoms with Crippen molar-refractivity contribution in [1.29, 1.82) is 0 Å². The molecule has 6 rings (SSSR count). The summed E-state index contributed by atoms with van der Waals surface area (Å²) in [6.45, 7) is 0. The summed E-state index contributed by atoms with van der Waals surface area (Å²) in [5, 5.41) is 4.15. The van der Waals surface area contributed by atoms with Gasteiger partial charge in [0.05, 0.1) is 40.8 Å². The van der Waals surface area contributed by atoms with Gasteiger partial charge in [-0.25, -0.2) is 23.5 Å². The molecular formula is C25H22F2N8O. The quantitative estimate of drug-likeness (QED) is 0.376. The number of aromatic nitrogens is 8. The Morgan fingerprint density at radius 2 is 1.69 bits per heavy atom. The van der Waals surface area contributed by atoms with E-state index < -0.39 is 6.43 Å². The lowest BCUT2D eigenvalue weighted by Crippen LogP contribution is -2.19. The summed E-state index contributed by atoms with van der Waals surface area (Å²) in [6, 6.07) is 8.75. The molecule has 0 fully saturated rings. The fourth-order valence-electron chi connectivity index (χ4n) is 4.77. The van der Waals surface area contributed by atoms with E-state index in [2.05, 4.69) is 10.1 Å². The van der Waals surface area contributed by atoms with Crippen LogP contribution in [-0.4, -0.2) is 38.0 Å². The molecule has 0 aliphatic rings. The van der Waals surface area contributed by atoms with Gasteiger partial charge in [0.2, 0.25) is 0 Å². The summed E-state index contributed by atoms with van der Waals surface area (Å²) in [4.78, 5) is 21.6. The number of rotatable bonds is 4. The number of halogens is 2. The zero-order valence-electron chi connectivity index (χ0n) is 20.0. The standard InChI is InChI=1S/C25H22F2N8O/c1-31-13-28-11-22(31)24-30-18-8-16(14-10-29-32(2)12-14)17(23(26)27)9-20(18)35(24)15-5-6-19-21(7-15)34(4)25(36)33(19)3/h5-13,23H,1-4H3. The van der Waals surface area contributed by atoms with E-state index >= 15 is 0 Å². The number of aryl methyl sites for hydroxylation is 4. The molecule has 0 amide bonds. The van der Waals surface area contributed by atoms with Crippen LogP contribution in [0.2, 0.25) is 0 Å². The highest BCUT2D eigenvalue weighted by Crippen LogP contribution is 2.37. The van der Waals surface area contributed by atoms with E-state index in [-0.39, 0.29) is 11.3 Å². The molecule has 0 saturated carbocycles. The molecule has 2 aromatic carbocycles. The molecule has 0 aliphatic heterocycles. The van der Waals surface area contributed by atoms with Crippen LogP contribution in [0.1, 0.15) is 12.0 Å². The second-order valence-electron chi connectivity index (χ2n) is 8.87. The normalized spacial score (nSPS) is 12.0. The maximum atomic E-state index is 14.3. The molecule has 0 bridgehead atoms. The van der Waals surface area contributed by atoms with Gasteiger partial charge in [0.1, 0.15) is 5.69 Å². The van der Waals surface area contributed by atoms with E-state index in [1.54, 1.807) is 65.9 Å². The zero-order valence-corrected chi connectivity index (χ0v) is 20.0. The Kier molecular flexibility index (Phi) is 4.72. The molecule has 0 N–H and O–H groups in total. The minimum Gasteiger partial charge on any atom is -0.331 e. The van der Waals surface area contributed by atoms with Crippen LogP contribution in [-0.2, 0) is 28.2 Å². The minimum absolute atomic E-state index is 0.110. The van der Waals surface area contributed by atoms with Gasteiger partial charge < -0.3 is 4.57 Å². The molecule has 36 heavy (non-hydrogen) atoms. The highest BCUT2D eigenvalue weighted by molar-refractivity contribution is 5.90. The maximum absolute atomic E-state index is 14.3. The summed E-state index contributed by atoms with van der Waals surface area (Å²) in [5.41, 5.74) is 4.69. The number of nitrogens with zero attached hydrogens (tertiary/aromatic N) is 8. The molecule has 4 heterocycles. The average Bonchev–Trinajstić information content (AvgIpc) is 3.61. The number of alkyl halides is 2. The number of benzene rings is 2. The largest absolute Gasteiger partial charge is 0.331 e. The molecule has 6 aromatic rings. The first-order valence-corrected chi connectivity index (χ1v) is 11.2. The molecule has 11 heteroatoms. The van der Waals surface area contributed by atoms with Crippen LogP contribution in [0, 0.1) is 0 Å². The Bertz CT molecular complexity index is 1850. The predicted octanol–water partition coefficient (Wildman–Crippen LogP) is 3.95. The van der Waals surface area contributed by atoms with Gasteiger partial charge in [0, 0.05) is 51.2 Å². The zero-order chi connectivity index (χ0) is 25.3. The fourth-order valence-corrected chi connectivity index (χ4v) is 4.77. The second kappa shape index (κ2) is 7.74. The molecular weight excluding hydrogens is 466 g/mol. The van der Waals surface area contributed by atoms with Crippen molar-refractivity contribution < 1.29 is 8.78 Å². The van der Waals surface area contributed by atoms with Gasteiger partial charge >= 0.3 is 5.69 Å². The van der Waals surface area contributed by atoms with Gasteiger partial charge in [0.25, 0.3) is 6.43 Å². The van der Waals surface area contributed by atoms with Gasteiger partial charge in [-0.2, -0.15) is 5.10 Å². The Hall–Kier alpha value is -4.54. The molecule has 0 aliphatic carbocycles. The van der Waals surface area contributed by atoms with Crippen molar-refractivity contribution in [2.24, 2.45) is 28.2 Å². The van der Waals surface area contributed by atoms with E-state index in [1.165, 1.54) is 6.07 Å². The highest BCUT2D eigenvalue weighted by Gasteiger charge is 2.23. The summed E-state index contributed by atoms with van der Waals surface area (Å²) in [5.74, 6) is 0.550. The van der Waals surface area contributed by atoms with E-state index in [4.69, 9.17) is 4.98 Å². The van der Waals surface area contributed by atoms with E-state index in [0.29, 0.717) is 33.7 Å². The van der Waals surface area contributed by atoms with Crippen molar-refractivity contribution >= 4 is 22.1 Å². The first-order chi connectivity index (χ1) is 17.2.